The van der Waals surface area contributed by atoms with Crippen LogP contribution in [-0.2, 0) is 4.79 Å². The topological polar surface area (TPSA) is 58.2 Å². The van der Waals surface area contributed by atoms with Gasteiger partial charge in [-0.2, -0.15) is 0 Å². The molecule has 2 amide bonds. The lowest BCUT2D eigenvalue weighted by molar-refractivity contribution is -0.117. The van der Waals surface area contributed by atoms with Gasteiger partial charge in [-0.3, -0.25) is 9.59 Å². The molecule has 11 heteroatoms. The van der Waals surface area contributed by atoms with Crippen molar-refractivity contribution < 1.29 is 14.0 Å². The first kappa shape index (κ1) is 25.5. The monoisotopic (exact) mass is 622 g/mol. The SMILES string of the molecule is O=C(Nc1ccc(F)cc1Br)c1cc(NC(=O)[C@H]2[C@H](c3cc(Cl)cc(Cl)c3)C2(Cl)Cl)ccc1Cl. The first-order valence-corrected chi connectivity index (χ1v) is 12.4. The van der Waals surface area contributed by atoms with Gasteiger partial charge in [-0.1, -0.05) is 34.8 Å². The van der Waals surface area contributed by atoms with E-state index in [1.807, 2.05) is 0 Å². The Bertz CT molecular complexity index is 1300. The second kappa shape index (κ2) is 9.84. The Hall–Kier alpha value is -1.54. The van der Waals surface area contributed by atoms with Crippen molar-refractivity contribution in [3.05, 3.63) is 91.1 Å². The van der Waals surface area contributed by atoms with Gasteiger partial charge in [0.2, 0.25) is 5.91 Å². The average Bonchev–Trinajstić information content (AvgIpc) is 3.33. The molecule has 1 aliphatic rings. The number of benzene rings is 3. The second-order valence-corrected chi connectivity index (χ2v) is 11.2. The molecule has 0 heterocycles. The summed E-state index contributed by atoms with van der Waals surface area (Å²) in [7, 11) is 0. The maximum Gasteiger partial charge on any atom is 0.257 e. The van der Waals surface area contributed by atoms with Crippen LogP contribution in [0, 0.1) is 11.7 Å². The minimum Gasteiger partial charge on any atom is -0.326 e. The predicted octanol–water partition coefficient (Wildman–Crippen LogP) is 8.33. The van der Waals surface area contributed by atoms with Crippen LogP contribution in [0.3, 0.4) is 0 Å². The molecule has 4 nitrogen and oxygen atoms in total. The fourth-order valence-corrected chi connectivity index (χ4v) is 5.62. The van der Waals surface area contributed by atoms with Crippen molar-refractivity contribution >= 4 is 97.1 Å². The Balaban J connectivity index is 1.52. The lowest BCUT2D eigenvalue weighted by Crippen LogP contribution is -2.18. The van der Waals surface area contributed by atoms with Crippen molar-refractivity contribution in [2.24, 2.45) is 5.92 Å². The Morgan fingerprint density at radius 1 is 0.912 bits per heavy atom. The van der Waals surface area contributed by atoms with Crippen LogP contribution in [0.2, 0.25) is 15.1 Å². The summed E-state index contributed by atoms with van der Waals surface area (Å²) in [6.07, 6.45) is 0. The molecule has 1 fully saturated rings. The van der Waals surface area contributed by atoms with Gasteiger partial charge in [0.05, 0.1) is 22.2 Å². The molecule has 0 radical (unpaired) electrons. The molecule has 0 spiro atoms. The number of carbonyl (C=O) groups excluding carboxylic acids is 2. The maximum absolute atomic E-state index is 13.3. The summed E-state index contributed by atoms with van der Waals surface area (Å²) in [5.74, 6) is -2.73. The van der Waals surface area contributed by atoms with Gasteiger partial charge in [0.15, 0.2) is 0 Å². The van der Waals surface area contributed by atoms with E-state index in [2.05, 4.69) is 26.6 Å². The van der Waals surface area contributed by atoms with Gasteiger partial charge in [-0.25, -0.2) is 4.39 Å². The number of rotatable bonds is 5. The van der Waals surface area contributed by atoms with Crippen molar-refractivity contribution in [2.45, 2.75) is 10.3 Å². The summed E-state index contributed by atoms with van der Waals surface area (Å²) in [4.78, 5) is 25.7. The van der Waals surface area contributed by atoms with Crippen LogP contribution in [-0.4, -0.2) is 16.1 Å². The lowest BCUT2D eigenvalue weighted by atomic mass is 10.1. The van der Waals surface area contributed by atoms with Gasteiger partial charge in [-0.05, 0) is 76.1 Å². The molecular formula is C23H13BrCl5FN2O2. The van der Waals surface area contributed by atoms with Crippen LogP contribution >= 0.6 is 73.9 Å². The van der Waals surface area contributed by atoms with Crippen LogP contribution in [0.1, 0.15) is 21.8 Å². The van der Waals surface area contributed by atoms with Crippen LogP contribution in [0.5, 0.6) is 0 Å². The third-order valence-corrected chi connectivity index (χ3v) is 7.60. The van der Waals surface area contributed by atoms with E-state index in [0.29, 0.717) is 31.5 Å². The molecule has 1 saturated carbocycles. The lowest BCUT2D eigenvalue weighted by Gasteiger charge is -2.11. The Morgan fingerprint density at radius 3 is 2.24 bits per heavy atom. The minimum absolute atomic E-state index is 0.104. The van der Waals surface area contributed by atoms with Crippen LogP contribution in [0.25, 0.3) is 0 Å². The number of amides is 2. The third-order valence-electron chi connectivity index (χ3n) is 5.24. The minimum atomic E-state index is -1.35. The van der Waals surface area contributed by atoms with E-state index in [-0.39, 0.29) is 10.6 Å². The highest BCUT2D eigenvalue weighted by atomic mass is 79.9. The van der Waals surface area contributed by atoms with E-state index >= 15 is 0 Å². The number of hydrogen-bond donors (Lipinski definition) is 2. The molecule has 0 aromatic heterocycles. The number of nitrogens with one attached hydrogen (secondary N) is 2. The van der Waals surface area contributed by atoms with Crippen molar-refractivity contribution in [1.82, 2.24) is 0 Å². The van der Waals surface area contributed by atoms with Gasteiger partial charge >= 0.3 is 0 Å². The van der Waals surface area contributed by atoms with E-state index in [1.165, 1.54) is 30.3 Å². The number of anilines is 2. The van der Waals surface area contributed by atoms with Gasteiger partial charge in [-0.15, -0.1) is 23.2 Å². The summed E-state index contributed by atoms with van der Waals surface area (Å²) < 4.78 is 12.3. The zero-order chi connectivity index (χ0) is 24.8. The van der Waals surface area contributed by atoms with Gasteiger partial charge in [0.1, 0.15) is 10.2 Å². The predicted molar refractivity (Wildman–Crippen MR) is 139 cm³/mol. The van der Waals surface area contributed by atoms with Crippen LogP contribution in [0.15, 0.2) is 59.1 Å². The molecule has 34 heavy (non-hydrogen) atoms. The third kappa shape index (κ3) is 5.32. The normalized spacial score (nSPS) is 18.3. The summed E-state index contributed by atoms with van der Waals surface area (Å²) in [5, 5.41) is 6.33. The molecule has 0 unspecified atom stereocenters. The first-order valence-electron chi connectivity index (χ1n) is 9.68. The zero-order valence-electron chi connectivity index (χ0n) is 16.8. The Kier molecular flexibility index (Phi) is 7.40. The fraction of sp³-hybridized carbons (Fsp3) is 0.130. The number of halogens is 7. The summed E-state index contributed by atoms with van der Waals surface area (Å²) in [6.45, 7) is 0. The average molecular weight is 626 g/mol. The van der Waals surface area contributed by atoms with E-state index in [0.717, 1.165) is 0 Å². The highest BCUT2D eigenvalue weighted by molar-refractivity contribution is 9.10. The molecule has 3 aromatic carbocycles. The maximum atomic E-state index is 13.3. The molecule has 176 valence electrons. The number of alkyl halides is 2. The molecule has 2 atom stereocenters. The number of carbonyl (C=O) groups is 2. The highest BCUT2D eigenvalue weighted by Crippen LogP contribution is 2.65. The number of hydrogen-bond acceptors (Lipinski definition) is 2. The smallest absolute Gasteiger partial charge is 0.257 e. The van der Waals surface area contributed by atoms with Crippen molar-refractivity contribution in [1.29, 1.82) is 0 Å². The van der Waals surface area contributed by atoms with Crippen LogP contribution < -0.4 is 10.6 Å². The molecule has 0 bridgehead atoms. The summed E-state index contributed by atoms with van der Waals surface area (Å²) in [5.41, 5.74) is 1.42. The van der Waals surface area contributed by atoms with E-state index in [4.69, 9.17) is 58.0 Å². The van der Waals surface area contributed by atoms with Crippen molar-refractivity contribution in [3.63, 3.8) is 0 Å². The fourth-order valence-electron chi connectivity index (χ4n) is 3.60. The molecule has 0 saturated heterocycles. The van der Waals surface area contributed by atoms with Gasteiger partial charge in [0.25, 0.3) is 5.91 Å². The molecule has 1 aliphatic carbocycles. The van der Waals surface area contributed by atoms with E-state index < -0.39 is 33.8 Å². The molecule has 2 N–H and O–H groups in total. The molecule has 0 aliphatic heterocycles. The van der Waals surface area contributed by atoms with Gasteiger partial charge < -0.3 is 10.6 Å². The second-order valence-electron chi connectivity index (χ2n) is 7.59. The van der Waals surface area contributed by atoms with Crippen molar-refractivity contribution in [3.8, 4) is 0 Å². The quantitative estimate of drug-likeness (QED) is 0.280. The Labute approximate surface area is 227 Å². The van der Waals surface area contributed by atoms with E-state index in [1.54, 1.807) is 24.3 Å². The first-order chi connectivity index (χ1) is 16.0. The summed E-state index contributed by atoms with van der Waals surface area (Å²) >= 11 is 34.3. The van der Waals surface area contributed by atoms with E-state index in [9.17, 15) is 14.0 Å². The highest BCUT2D eigenvalue weighted by Gasteiger charge is 2.67. The van der Waals surface area contributed by atoms with Gasteiger partial charge in [0, 0.05) is 26.1 Å². The van der Waals surface area contributed by atoms with Crippen LogP contribution in [0.4, 0.5) is 15.8 Å². The molecular weight excluding hydrogens is 612 g/mol. The Morgan fingerprint density at radius 2 is 1.59 bits per heavy atom. The zero-order valence-corrected chi connectivity index (χ0v) is 22.2. The largest absolute Gasteiger partial charge is 0.326 e. The molecule has 3 aromatic rings. The molecule has 4 rings (SSSR count). The standard InChI is InChI=1S/C23H13BrCl5FN2O2/c24-16-8-13(30)1-4-18(16)32-21(33)15-9-14(2-3-17(15)27)31-22(34)20-19(23(20,28)29)10-5-11(25)7-12(26)6-10/h1-9,19-20H,(H,31,34)(H,32,33)/t19-,20+/m0/s1. The summed E-state index contributed by atoms with van der Waals surface area (Å²) in [6, 6.07) is 13.2. The van der Waals surface area contributed by atoms with Crippen molar-refractivity contribution in [2.75, 3.05) is 10.6 Å².